The van der Waals surface area contributed by atoms with Crippen molar-refractivity contribution < 1.29 is 9.59 Å². The summed E-state index contributed by atoms with van der Waals surface area (Å²) >= 11 is 0. The molecule has 4 heteroatoms. The first-order chi connectivity index (χ1) is 9.17. The van der Waals surface area contributed by atoms with Gasteiger partial charge < -0.3 is 5.32 Å². The largest absolute Gasteiger partial charge is 0.313 e. The molecule has 0 fully saturated rings. The number of Topliss-reactive ketones (excluding diaryl/α,β-unsaturated/α-hetero) is 2. The van der Waals surface area contributed by atoms with Crippen molar-refractivity contribution in [1.29, 1.82) is 0 Å². The van der Waals surface area contributed by atoms with Crippen molar-refractivity contribution in [2.45, 2.75) is 59.9 Å². The molecule has 0 amide bonds. The van der Waals surface area contributed by atoms with Gasteiger partial charge in [-0.25, -0.2) is 0 Å². The lowest BCUT2D eigenvalue weighted by molar-refractivity contribution is -0.130. The number of carbonyl (C=O) groups excluding carboxylic acids is 2. The summed E-state index contributed by atoms with van der Waals surface area (Å²) < 4.78 is 0. The molecule has 0 saturated carbocycles. The summed E-state index contributed by atoms with van der Waals surface area (Å²) in [4.78, 5) is 24.6. The third kappa shape index (κ3) is 4.38. The summed E-state index contributed by atoms with van der Waals surface area (Å²) in [7, 11) is 1.76. The van der Waals surface area contributed by atoms with Gasteiger partial charge in [-0.2, -0.15) is 0 Å². The van der Waals surface area contributed by atoms with Crippen molar-refractivity contribution in [3.05, 3.63) is 0 Å². The minimum absolute atomic E-state index is 0.0954. The zero-order chi connectivity index (χ0) is 16.0. The van der Waals surface area contributed by atoms with Crippen LogP contribution in [0.3, 0.4) is 0 Å². The van der Waals surface area contributed by atoms with E-state index in [4.69, 9.17) is 0 Å². The van der Waals surface area contributed by atoms with E-state index >= 15 is 0 Å². The van der Waals surface area contributed by atoms with E-state index in [-0.39, 0.29) is 23.5 Å². The van der Waals surface area contributed by atoms with E-state index in [1.54, 1.807) is 7.05 Å². The Kier molecular flexibility index (Phi) is 7.60. The van der Waals surface area contributed by atoms with Crippen molar-refractivity contribution in [3.63, 3.8) is 0 Å². The number of hydrogen-bond donors (Lipinski definition) is 2. The minimum atomic E-state index is -0.635. The molecule has 0 aromatic rings. The van der Waals surface area contributed by atoms with E-state index in [0.717, 1.165) is 6.42 Å². The van der Waals surface area contributed by atoms with E-state index in [2.05, 4.69) is 24.5 Å². The Morgan fingerprint density at radius 1 is 1.00 bits per heavy atom. The van der Waals surface area contributed by atoms with Crippen LogP contribution in [0.5, 0.6) is 0 Å². The number of nitrogens with one attached hydrogen (secondary N) is 2. The van der Waals surface area contributed by atoms with Crippen LogP contribution in [0.2, 0.25) is 0 Å². The van der Waals surface area contributed by atoms with Gasteiger partial charge in [0.1, 0.15) is 0 Å². The van der Waals surface area contributed by atoms with E-state index < -0.39 is 5.54 Å². The Labute approximate surface area is 124 Å². The highest BCUT2D eigenvalue weighted by molar-refractivity contribution is 5.91. The van der Waals surface area contributed by atoms with Crippen molar-refractivity contribution in [3.8, 4) is 0 Å². The maximum Gasteiger partial charge on any atom is 0.166 e. The zero-order valence-electron chi connectivity index (χ0n) is 14.2. The number of hydrogen-bond acceptors (Lipinski definition) is 4. The lowest BCUT2D eigenvalue weighted by Gasteiger charge is -2.34. The molecule has 0 aliphatic rings. The second-order valence-electron chi connectivity index (χ2n) is 6.34. The Morgan fingerprint density at radius 2 is 1.55 bits per heavy atom. The molecule has 2 atom stereocenters. The summed E-state index contributed by atoms with van der Waals surface area (Å²) in [6, 6.07) is 0. The van der Waals surface area contributed by atoms with Crippen molar-refractivity contribution in [2.75, 3.05) is 20.1 Å². The third-order valence-electron chi connectivity index (χ3n) is 4.94. The van der Waals surface area contributed by atoms with E-state index in [0.29, 0.717) is 18.9 Å². The molecular formula is C16H32N2O2. The average molecular weight is 284 g/mol. The standard InChI is InChI=1S/C16H32N2O2/c1-8-15(5,12(3)4)13(19)11-18-16(6,9-2)14(20)10-17-7/h12,17-18H,8-11H2,1-7H3. The highest BCUT2D eigenvalue weighted by Gasteiger charge is 2.36. The number of rotatable bonds is 10. The molecule has 20 heavy (non-hydrogen) atoms. The SMILES string of the molecule is CCC(C)(NCC(=O)C(C)(CC)C(C)C)C(=O)CNC. The normalized spacial score (nSPS) is 17.6. The molecule has 0 aliphatic heterocycles. The topological polar surface area (TPSA) is 58.2 Å². The first-order valence-corrected chi connectivity index (χ1v) is 7.64. The van der Waals surface area contributed by atoms with E-state index in [9.17, 15) is 9.59 Å². The smallest absolute Gasteiger partial charge is 0.166 e. The van der Waals surface area contributed by atoms with Gasteiger partial charge in [0.15, 0.2) is 11.6 Å². The van der Waals surface area contributed by atoms with Crippen molar-refractivity contribution in [1.82, 2.24) is 10.6 Å². The van der Waals surface area contributed by atoms with Crippen LogP contribution in [0.15, 0.2) is 0 Å². The molecule has 2 unspecified atom stereocenters. The fourth-order valence-corrected chi connectivity index (χ4v) is 2.18. The van der Waals surface area contributed by atoms with Gasteiger partial charge in [0, 0.05) is 5.41 Å². The predicted octanol–water partition coefficient (Wildman–Crippen LogP) is 2.17. The highest BCUT2D eigenvalue weighted by atomic mass is 16.1. The molecule has 0 aliphatic carbocycles. The second kappa shape index (κ2) is 7.89. The number of carbonyl (C=O) groups is 2. The van der Waals surface area contributed by atoms with E-state index in [1.807, 2.05) is 27.7 Å². The number of ketones is 2. The van der Waals surface area contributed by atoms with Gasteiger partial charge in [-0.1, -0.05) is 34.6 Å². The summed E-state index contributed by atoms with van der Waals surface area (Å²) in [5.41, 5.74) is -0.960. The van der Waals surface area contributed by atoms with E-state index in [1.165, 1.54) is 0 Å². The molecule has 0 radical (unpaired) electrons. The maximum absolute atomic E-state index is 12.5. The van der Waals surface area contributed by atoms with Crippen LogP contribution >= 0.6 is 0 Å². The first kappa shape index (κ1) is 19.3. The molecule has 0 heterocycles. The fraction of sp³-hybridized carbons (Fsp3) is 0.875. The van der Waals surface area contributed by atoms with Crippen LogP contribution in [0, 0.1) is 11.3 Å². The minimum Gasteiger partial charge on any atom is -0.313 e. The van der Waals surface area contributed by atoms with Crippen molar-refractivity contribution >= 4 is 11.6 Å². The Bertz CT molecular complexity index is 341. The molecule has 0 spiro atoms. The highest BCUT2D eigenvalue weighted by Crippen LogP contribution is 2.31. The van der Waals surface area contributed by atoms with Gasteiger partial charge in [-0.3, -0.25) is 14.9 Å². The van der Waals surface area contributed by atoms with Crippen LogP contribution in [0.25, 0.3) is 0 Å². The summed E-state index contributed by atoms with van der Waals surface area (Å²) in [6.45, 7) is 12.6. The lowest BCUT2D eigenvalue weighted by atomic mass is 9.73. The summed E-state index contributed by atoms with van der Waals surface area (Å²) in [5, 5.41) is 6.07. The van der Waals surface area contributed by atoms with Crippen LogP contribution in [-0.2, 0) is 9.59 Å². The molecule has 0 aromatic heterocycles. The maximum atomic E-state index is 12.5. The first-order valence-electron chi connectivity index (χ1n) is 7.64. The lowest BCUT2D eigenvalue weighted by Crippen LogP contribution is -2.55. The molecule has 118 valence electrons. The van der Waals surface area contributed by atoms with Crippen LogP contribution in [-0.4, -0.2) is 37.2 Å². The van der Waals surface area contributed by atoms with Crippen LogP contribution in [0.4, 0.5) is 0 Å². The molecule has 4 nitrogen and oxygen atoms in total. The summed E-state index contributed by atoms with van der Waals surface area (Å²) in [5.74, 6) is 0.577. The third-order valence-corrected chi connectivity index (χ3v) is 4.94. The molecule has 0 aromatic carbocycles. The van der Waals surface area contributed by atoms with Crippen LogP contribution < -0.4 is 10.6 Å². The zero-order valence-corrected chi connectivity index (χ0v) is 14.2. The van der Waals surface area contributed by atoms with Gasteiger partial charge in [0.05, 0.1) is 18.6 Å². The quantitative estimate of drug-likeness (QED) is 0.645. The van der Waals surface area contributed by atoms with Gasteiger partial charge in [0.25, 0.3) is 0 Å². The fourth-order valence-electron chi connectivity index (χ4n) is 2.18. The Balaban J connectivity index is 4.81. The Hall–Kier alpha value is -0.740. The van der Waals surface area contributed by atoms with Crippen LogP contribution in [0.1, 0.15) is 54.4 Å². The molecule has 2 N–H and O–H groups in total. The molecule has 0 rings (SSSR count). The number of likely N-dealkylation sites (N-methyl/N-ethyl adjacent to an activating group) is 1. The average Bonchev–Trinajstić information content (AvgIpc) is 2.43. The monoisotopic (exact) mass is 284 g/mol. The second-order valence-corrected chi connectivity index (χ2v) is 6.34. The molecular weight excluding hydrogens is 252 g/mol. The van der Waals surface area contributed by atoms with Crippen molar-refractivity contribution in [2.24, 2.45) is 11.3 Å². The van der Waals surface area contributed by atoms with Gasteiger partial charge in [-0.15, -0.1) is 0 Å². The molecule has 0 saturated heterocycles. The summed E-state index contributed by atoms with van der Waals surface area (Å²) in [6.07, 6.45) is 1.49. The van der Waals surface area contributed by atoms with Gasteiger partial charge >= 0.3 is 0 Å². The van der Waals surface area contributed by atoms with Gasteiger partial charge in [0.2, 0.25) is 0 Å². The predicted molar refractivity (Wildman–Crippen MR) is 83.9 cm³/mol. The van der Waals surface area contributed by atoms with Gasteiger partial charge in [-0.05, 0) is 32.7 Å². The Morgan fingerprint density at radius 3 is 1.90 bits per heavy atom. The molecule has 0 bridgehead atoms.